The maximum atomic E-state index is 12.9. The standard InChI is InChI=1S/C18H16N4O5S/c1-12-7-8-15(22(23)24)9-16(12)28(25,26)21-10-14(11-21)18-19-17(20-27-18)13-5-3-2-4-6-13/h2-9,14H,10-11H2,1H3. The Bertz CT molecular complexity index is 1140. The first-order chi connectivity index (χ1) is 13.4. The Kier molecular flexibility index (Phi) is 4.44. The summed E-state index contributed by atoms with van der Waals surface area (Å²) in [4.78, 5) is 14.7. The van der Waals surface area contributed by atoms with Gasteiger partial charge in [0.25, 0.3) is 5.69 Å². The van der Waals surface area contributed by atoms with Gasteiger partial charge < -0.3 is 4.52 Å². The summed E-state index contributed by atoms with van der Waals surface area (Å²) in [5, 5.41) is 14.9. The van der Waals surface area contributed by atoms with Crippen LogP contribution in [0.15, 0.2) is 57.9 Å². The highest BCUT2D eigenvalue weighted by molar-refractivity contribution is 7.89. The minimum absolute atomic E-state index is 0.0596. The van der Waals surface area contributed by atoms with Gasteiger partial charge in [-0.05, 0) is 12.5 Å². The Balaban J connectivity index is 1.52. The second kappa shape index (κ2) is 6.80. The third kappa shape index (κ3) is 3.16. The molecule has 0 saturated carbocycles. The van der Waals surface area contributed by atoms with Gasteiger partial charge in [0.1, 0.15) is 0 Å². The normalized spacial score (nSPS) is 15.3. The molecule has 1 fully saturated rings. The van der Waals surface area contributed by atoms with Gasteiger partial charge >= 0.3 is 0 Å². The molecule has 2 aromatic carbocycles. The van der Waals surface area contributed by atoms with E-state index in [0.29, 0.717) is 17.3 Å². The molecular formula is C18H16N4O5S. The molecule has 1 aliphatic heterocycles. The fraction of sp³-hybridized carbons (Fsp3) is 0.222. The zero-order valence-electron chi connectivity index (χ0n) is 14.8. The number of hydrogen-bond donors (Lipinski definition) is 0. The van der Waals surface area contributed by atoms with E-state index < -0.39 is 14.9 Å². The van der Waals surface area contributed by atoms with Gasteiger partial charge in [-0.25, -0.2) is 8.42 Å². The molecule has 1 aromatic heterocycles. The van der Waals surface area contributed by atoms with Crippen LogP contribution in [-0.4, -0.2) is 40.9 Å². The van der Waals surface area contributed by atoms with Crippen molar-refractivity contribution in [2.24, 2.45) is 0 Å². The molecular weight excluding hydrogens is 384 g/mol. The van der Waals surface area contributed by atoms with E-state index in [1.54, 1.807) is 6.92 Å². The Morgan fingerprint density at radius 1 is 1.18 bits per heavy atom. The summed E-state index contributed by atoms with van der Waals surface area (Å²) in [7, 11) is -3.84. The highest BCUT2D eigenvalue weighted by Crippen LogP contribution is 2.34. The molecule has 0 unspecified atom stereocenters. The lowest BCUT2D eigenvalue weighted by Gasteiger charge is -2.36. The second-order valence-corrected chi connectivity index (χ2v) is 8.45. The Morgan fingerprint density at radius 2 is 1.89 bits per heavy atom. The molecule has 3 aromatic rings. The van der Waals surface area contributed by atoms with Crippen LogP contribution in [0.1, 0.15) is 17.4 Å². The Morgan fingerprint density at radius 3 is 2.57 bits per heavy atom. The van der Waals surface area contributed by atoms with E-state index in [9.17, 15) is 18.5 Å². The first-order valence-corrected chi connectivity index (χ1v) is 9.94. The average molecular weight is 400 g/mol. The summed E-state index contributed by atoms with van der Waals surface area (Å²) in [6.45, 7) is 1.97. The summed E-state index contributed by atoms with van der Waals surface area (Å²) < 4.78 is 32.3. The number of aryl methyl sites for hydroxylation is 1. The van der Waals surface area contributed by atoms with Gasteiger partial charge in [-0.2, -0.15) is 9.29 Å². The average Bonchev–Trinajstić information content (AvgIpc) is 3.10. The monoisotopic (exact) mass is 400 g/mol. The lowest BCUT2D eigenvalue weighted by molar-refractivity contribution is -0.385. The smallest absolute Gasteiger partial charge is 0.270 e. The fourth-order valence-electron chi connectivity index (χ4n) is 3.02. The van der Waals surface area contributed by atoms with Gasteiger partial charge in [-0.3, -0.25) is 10.1 Å². The lowest BCUT2D eigenvalue weighted by atomic mass is 10.0. The molecule has 0 aliphatic carbocycles. The van der Waals surface area contributed by atoms with Crippen molar-refractivity contribution >= 4 is 15.7 Å². The van der Waals surface area contributed by atoms with Crippen LogP contribution in [0.2, 0.25) is 0 Å². The van der Waals surface area contributed by atoms with Gasteiger partial charge in [-0.1, -0.05) is 41.6 Å². The number of non-ortho nitro benzene ring substituents is 1. The molecule has 1 aliphatic rings. The number of rotatable bonds is 5. The lowest BCUT2D eigenvalue weighted by Crippen LogP contribution is -2.48. The molecule has 0 radical (unpaired) electrons. The van der Waals surface area contributed by atoms with Gasteiger partial charge in [0.05, 0.1) is 15.7 Å². The number of nitro benzene ring substituents is 1. The van der Waals surface area contributed by atoms with Gasteiger partial charge in [0.15, 0.2) is 0 Å². The van der Waals surface area contributed by atoms with Gasteiger partial charge in [-0.15, -0.1) is 0 Å². The van der Waals surface area contributed by atoms with Crippen LogP contribution in [-0.2, 0) is 10.0 Å². The topological polar surface area (TPSA) is 119 Å². The molecule has 0 N–H and O–H groups in total. The third-order valence-corrected chi connectivity index (χ3v) is 6.64. The zero-order valence-corrected chi connectivity index (χ0v) is 15.7. The number of benzene rings is 2. The molecule has 0 bridgehead atoms. The molecule has 9 nitrogen and oxygen atoms in total. The maximum Gasteiger partial charge on any atom is 0.270 e. The summed E-state index contributed by atoms with van der Waals surface area (Å²) >= 11 is 0. The van der Waals surface area contributed by atoms with E-state index in [0.717, 1.165) is 11.6 Å². The molecule has 144 valence electrons. The molecule has 2 heterocycles. The van der Waals surface area contributed by atoms with Crippen LogP contribution in [0.25, 0.3) is 11.4 Å². The van der Waals surface area contributed by atoms with Crippen LogP contribution in [0.5, 0.6) is 0 Å². The SMILES string of the molecule is Cc1ccc([N+](=O)[O-])cc1S(=O)(=O)N1CC(c2nc(-c3ccccc3)no2)C1. The highest BCUT2D eigenvalue weighted by Gasteiger charge is 2.41. The molecule has 1 saturated heterocycles. The maximum absolute atomic E-state index is 12.9. The van der Waals surface area contributed by atoms with Crippen LogP contribution >= 0.6 is 0 Å². The fourth-order valence-corrected chi connectivity index (χ4v) is 4.79. The Hall–Kier alpha value is -3.11. The molecule has 28 heavy (non-hydrogen) atoms. The van der Waals surface area contributed by atoms with Crippen LogP contribution in [0, 0.1) is 17.0 Å². The van der Waals surface area contributed by atoms with E-state index in [1.165, 1.54) is 16.4 Å². The molecule has 10 heteroatoms. The van der Waals surface area contributed by atoms with Crippen molar-refractivity contribution in [1.29, 1.82) is 0 Å². The summed E-state index contributed by atoms with van der Waals surface area (Å²) in [6.07, 6.45) is 0. The van der Waals surface area contributed by atoms with Crippen molar-refractivity contribution in [3.8, 4) is 11.4 Å². The number of aromatic nitrogens is 2. The highest BCUT2D eigenvalue weighted by atomic mass is 32.2. The number of nitro groups is 1. The molecule has 0 amide bonds. The predicted octanol–water partition coefficient (Wildman–Crippen LogP) is 2.74. The van der Waals surface area contributed by atoms with Crippen molar-refractivity contribution in [2.45, 2.75) is 17.7 Å². The third-order valence-electron chi connectivity index (χ3n) is 4.67. The van der Waals surface area contributed by atoms with E-state index in [4.69, 9.17) is 4.52 Å². The molecule has 0 atom stereocenters. The minimum Gasteiger partial charge on any atom is -0.339 e. The van der Waals surface area contributed by atoms with Gasteiger partial charge in [0.2, 0.25) is 21.7 Å². The quantitative estimate of drug-likeness (QED) is 0.477. The van der Waals surface area contributed by atoms with Crippen molar-refractivity contribution in [3.63, 3.8) is 0 Å². The number of nitrogens with zero attached hydrogens (tertiary/aromatic N) is 4. The molecule has 4 rings (SSSR count). The summed E-state index contributed by atoms with van der Waals surface area (Å²) in [5.74, 6) is 0.617. The second-order valence-electron chi connectivity index (χ2n) is 6.55. The van der Waals surface area contributed by atoms with Crippen molar-refractivity contribution in [3.05, 3.63) is 70.1 Å². The van der Waals surface area contributed by atoms with E-state index in [-0.39, 0.29) is 29.6 Å². The van der Waals surface area contributed by atoms with Gasteiger partial charge in [0, 0.05) is 30.8 Å². The van der Waals surface area contributed by atoms with Crippen LogP contribution in [0.3, 0.4) is 0 Å². The summed E-state index contributed by atoms with van der Waals surface area (Å²) in [6, 6.07) is 13.2. The van der Waals surface area contributed by atoms with E-state index in [2.05, 4.69) is 10.1 Å². The first-order valence-electron chi connectivity index (χ1n) is 8.50. The van der Waals surface area contributed by atoms with Crippen molar-refractivity contribution in [1.82, 2.24) is 14.4 Å². The Labute approximate surface area is 160 Å². The molecule has 0 spiro atoms. The zero-order chi connectivity index (χ0) is 19.9. The van der Waals surface area contributed by atoms with Crippen molar-refractivity contribution in [2.75, 3.05) is 13.1 Å². The minimum atomic E-state index is -3.84. The van der Waals surface area contributed by atoms with Crippen LogP contribution in [0.4, 0.5) is 5.69 Å². The first kappa shape index (κ1) is 18.3. The summed E-state index contributed by atoms with van der Waals surface area (Å²) in [5.41, 5.74) is 1.01. The number of sulfonamides is 1. The predicted molar refractivity (Wildman–Crippen MR) is 99.1 cm³/mol. The largest absolute Gasteiger partial charge is 0.339 e. The van der Waals surface area contributed by atoms with E-state index >= 15 is 0 Å². The number of hydrogen-bond acceptors (Lipinski definition) is 7. The van der Waals surface area contributed by atoms with Crippen molar-refractivity contribution < 1.29 is 17.9 Å². The van der Waals surface area contributed by atoms with Crippen LogP contribution < -0.4 is 0 Å². The van der Waals surface area contributed by atoms with E-state index in [1.807, 2.05) is 30.3 Å².